The first-order valence-electron chi connectivity index (χ1n) is 8.29. The highest BCUT2D eigenvalue weighted by atomic mass is 32.2. The van der Waals surface area contributed by atoms with Crippen molar-refractivity contribution in [3.8, 4) is 0 Å². The van der Waals surface area contributed by atoms with E-state index in [1.54, 1.807) is 20.8 Å². The first kappa shape index (κ1) is 18.1. The van der Waals surface area contributed by atoms with Crippen LogP contribution in [0.3, 0.4) is 0 Å². The molecule has 0 bridgehead atoms. The summed E-state index contributed by atoms with van der Waals surface area (Å²) in [7, 11) is -3.25. The minimum absolute atomic E-state index is 0.0721. The summed E-state index contributed by atoms with van der Waals surface area (Å²) in [5, 5.41) is 3.42. The van der Waals surface area contributed by atoms with Crippen molar-refractivity contribution in [2.45, 2.75) is 57.2 Å². The van der Waals surface area contributed by atoms with E-state index in [2.05, 4.69) is 10.0 Å². The molecule has 1 fully saturated rings. The lowest BCUT2D eigenvalue weighted by Crippen LogP contribution is -2.46. The quantitative estimate of drug-likeness (QED) is 0.720. The standard InChI is InChI=1S/C17H29N3O2S/c1-17(2,3)23(21,22)20-15-9-7-13(8-10-15)12-19-16-6-4-5-14(18)11-16/h4-6,11,13,15,19-20H,7-10,12,18H2,1-3H3/t13-,15-. The Morgan fingerprint density at radius 1 is 1.17 bits per heavy atom. The van der Waals surface area contributed by atoms with Gasteiger partial charge in [0, 0.05) is 24.0 Å². The van der Waals surface area contributed by atoms with Crippen LogP contribution in [0.1, 0.15) is 46.5 Å². The van der Waals surface area contributed by atoms with E-state index in [-0.39, 0.29) is 6.04 Å². The summed E-state index contributed by atoms with van der Waals surface area (Å²) >= 11 is 0. The molecular formula is C17H29N3O2S. The number of rotatable bonds is 5. The first-order chi connectivity index (χ1) is 10.7. The Bertz CT molecular complexity index is 615. The molecule has 2 rings (SSSR count). The normalized spacial score (nSPS) is 22.7. The highest BCUT2D eigenvalue weighted by Gasteiger charge is 2.32. The van der Waals surface area contributed by atoms with Gasteiger partial charge in [-0.2, -0.15) is 0 Å². The molecule has 0 spiro atoms. The van der Waals surface area contributed by atoms with Crippen molar-refractivity contribution in [1.82, 2.24) is 4.72 Å². The summed E-state index contributed by atoms with van der Waals surface area (Å²) in [6, 6.07) is 7.83. The van der Waals surface area contributed by atoms with Crippen molar-refractivity contribution in [2.75, 3.05) is 17.6 Å². The molecular weight excluding hydrogens is 310 g/mol. The third-order valence-corrected chi connectivity index (χ3v) is 6.71. The second-order valence-electron chi connectivity index (χ2n) is 7.46. The van der Waals surface area contributed by atoms with Crippen LogP contribution in [0, 0.1) is 5.92 Å². The van der Waals surface area contributed by atoms with E-state index in [4.69, 9.17) is 5.73 Å². The number of hydrogen-bond acceptors (Lipinski definition) is 4. The molecule has 0 aliphatic heterocycles. The van der Waals surface area contributed by atoms with Crippen LogP contribution in [0.4, 0.5) is 11.4 Å². The van der Waals surface area contributed by atoms with Gasteiger partial charge in [-0.3, -0.25) is 0 Å². The van der Waals surface area contributed by atoms with Gasteiger partial charge in [0.25, 0.3) is 0 Å². The second-order valence-corrected chi connectivity index (χ2v) is 9.92. The third-order valence-electron chi connectivity index (χ3n) is 4.46. The Morgan fingerprint density at radius 2 is 1.83 bits per heavy atom. The summed E-state index contributed by atoms with van der Waals surface area (Å²) in [6.07, 6.45) is 3.87. The van der Waals surface area contributed by atoms with Crippen molar-refractivity contribution in [2.24, 2.45) is 5.92 Å². The predicted octanol–water partition coefficient (Wildman–Crippen LogP) is 2.96. The maximum absolute atomic E-state index is 12.2. The summed E-state index contributed by atoms with van der Waals surface area (Å²) in [4.78, 5) is 0. The third kappa shape index (κ3) is 5.11. The van der Waals surface area contributed by atoms with Gasteiger partial charge in [0.2, 0.25) is 10.0 Å². The van der Waals surface area contributed by atoms with Crippen LogP contribution in [0.15, 0.2) is 24.3 Å². The van der Waals surface area contributed by atoms with Crippen LogP contribution in [-0.4, -0.2) is 25.8 Å². The van der Waals surface area contributed by atoms with Gasteiger partial charge in [-0.1, -0.05) is 6.07 Å². The Balaban J connectivity index is 1.78. The molecule has 5 nitrogen and oxygen atoms in total. The number of hydrogen-bond donors (Lipinski definition) is 3. The predicted molar refractivity (Wildman–Crippen MR) is 96.9 cm³/mol. The van der Waals surface area contributed by atoms with Gasteiger partial charge < -0.3 is 11.1 Å². The molecule has 1 aromatic carbocycles. The molecule has 0 heterocycles. The molecule has 0 radical (unpaired) electrons. The van der Waals surface area contributed by atoms with Gasteiger partial charge >= 0.3 is 0 Å². The Kier molecular flexibility index (Phi) is 5.57. The highest BCUT2D eigenvalue weighted by molar-refractivity contribution is 7.90. The molecule has 23 heavy (non-hydrogen) atoms. The lowest BCUT2D eigenvalue weighted by Gasteiger charge is -2.31. The van der Waals surface area contributed by atoms with Crippen LogP contribution in [-0.2, 0) is 10.0 Å². The number of nitrogen functional groups attached to an aromatic ring is 1. The van der Waals surface area contributed by atoms with E-state index in [9.17, 15) is 8.42 Å². The Hall–Kier alpha value is -1.27. The summed E-state index contributed by atoms with van der Waals surface area (Å²) in [6.45, 7) is 6.10. The summed E-state index contributed by atoms with van der Waals surface area (Å²) < 4.78 is 26.5. The van der Waals surface area contributed by atoms with E-state index >= 15 is 0 Å². The highest BCUT2D eigenvalue weighted by Crippen LogP contribution is 2.26. The first-order valence-corrected chi connectivity index (χ1v) is 9.77. The molecule has 1 saturated carbocycles. The Labute approximate surface area is 140 Å². The SMILES string of the molecule is CC(C)(C)S(=O)(=O)N[C@H]1CC[C@H](CNc2cccc(N)c2)CC1. The molecule has 130 valence electrons. The van der Waals surface area contributed by atoms with Crippen LogP contribution in [0.2, 0.25) is 0 Å². The van der Waals surface area contributed by atoms with Crippen molar-refractivity contribution < 1.29 is 8.42 Å². The average Bonchev–Trinajstić information content (AvgIpc) is 2.45. The number of nitrogens with two attached hydrogens (primary N) is 1. The van der Waals surface area contributed by atoms with Crippen molar-refractivity contribution in [3.63, 3.8) is 0 Å². The number of benzene rings is 1. The van der Waals surface area contributed by atoms with E-state index in [1.165, 1.54) is 0 Å². The monoisotopic (exact) mass is 339 g/mol. The van der Waals surface area contributed by atoms with Crippen molar-refractivity contribution in [3.05, 3.63) is 24.3 Å². The van der Waals surface area contributed by atoms with E-state index in [1.807, 2.05) is 24.3 Å². The molecule has 0 amide bonds. The van der Waals surface area contributed by atoms with E-state index < -0.39 is 14.8 Å². The number of sulfonamides is 1. The molecule has 0 aromatic heterocycles. The molecule has 0 atom stereocenters. The van der Waals surface area contributed by atoms with Gasteiger partial charge in [0.05, 0.1) is 4.75 Å². The minimum Gasteiger partial charge on any atom is -0.399 e. The lowest BCUT2D eigenvalue weighted by atomic mass is 9.86. The van der Waals surface area contributed by atoms with E-state index in [0.29, 0.717) is 5.92 Å². The zero-order valence-corrected chi connectivity index (χ0v) is 15.1. The van der Waals surface area contributed by atoms with Crippen LogP contribution < -0.4 is 15.8 Å². The fourth-order valence-corrected chi connectivity index (χ4v) is 3.82. The zero-order chi connectivity index (χ0) is 17.1. The van der Waals surface area contributed by atoms with Crippen LogP contribution >= 0.6 is 0 Å². The van der Waals surface area contributed by atoms with E-state index in [0.717, 1.165) is 43.6 Å². The fourth-order valence-electron chi connectivity index (χ4n) is 2.79. The molecule has 4 N–H and O–H groups in total. The number of anilines is 2. The van der Waals surface area contributed by atoms with Crippen LogP contribution in [0.5, 0.6) is 0 Å². The molecule has 0 saturated heterocycles. The topological polar surface area (TPSA) is 84.2 Å². The zero-order valence-electron chi connectivity index (χ0n) is 14.3. The minimum atomic E-state index is -3.25. The molecule has 1 aliphatic carbocycles. The van der Waals surface area contributed by atoms with Gasteiger partial charge in [-0.05, 0) is 70.6 Å². The molecule has 0 unspecified atom stereocenters. The maximum atomic E-state index is 12.2. The maximum Gasteiger partial charge on any atom is 0.216 e. The van der Waals surface area contributed by atoms with Gasteiger partial charge in [0.15, 0.2) is 0 Å². The van der Waals surface area contributed by atoms with Crippen molar-refractivity contribution in [1.29, 1.82) is 0 Å². The van der Waals surface area contributed by atoms with Gasteiger partial charge in [-0.15, -0.1) is 0 Å². The van der Waals surface area contributed by atoms with Gasteiger partial charge in [-0.25, -0.2) is 13.1 Å². The van der Waals surface area contributed by atoms with Gasteiger partial charge in [0.1, 0.15) is 0 Å². The second kappa shape index (κ2) is 7.09. The van der Waals surface area contributed by atoms with Crippen molar-refractivity contribution >= 4 is 21.4 Å². The summed E-state index contributed by atoms with van der Waals surface area (Å²) in [5.74, 6) is 0.576. The largest absolute Gasteiger partial charge is 0.399 e. The number of nitrogens with one attached hydrogen (secondary N) is 2. The summed E-state index contributed by atoms with van der Waals surface area (Å²) in [5.41, 5.74) is 7.58. The fraction of sp³-hybridized carbons (Fsp3) is 0.647. The van der Waals surface area contributed by atoms with Crippen LogP contribution in [0.25, 0.3) is 0 Å². The lowest BCUT2D eigenvalue weighted by molar-refractivity contribution is 0.322. The molecule has 6 heteroatoms. The average molecular weight is 340 g/mol. The smallest absolute Gasteiger partial charge is 0.216 e. The molecule has 1 aromatic rings. The molecule has 1 aliphatic rings. The Morgan fingerprint density at radius 3 is 2.39 bits per heavy atom.